The fraction of sp³-hybridized carbons (Fsp3) is 0.200. The molecule has 2 heterocycles. The number of aromatic nitrogens is 3. The van der Waals surface area contributed by atoms with Crippen LogP contribution in [0.5, 0.6) is 0 Å². The molecule has 0 radical (unpaired) electrons. The van der Waals surface area contributed by atoms with Crippen molar-refractivity contribution in [1.29, 1.82) is 0 Å². The van der Waals surface area contributed by atoms with E-state index in [1.54, 1.807) is 13.0 Å². The second kappa shape index (κ2) is 5.53. The maximum Gasteiger partial charge on any atom is 0.206 e. The molecule has 0 saturated heterocycles. The van der Waals surface area contributed by atoms with Crippen molar-refractivity contribution in [2.24, 2.45) is 0 Å². The van der Waals surface area contributed by atoms with Crippen LogP contribution >= 0.6 is 0 Å². The summed E-state index contributed by atoms with van der Waals surface area (Å²) in [5.74, 6) is 0.103. The first-order valence-corrected chi connectivity index (χ1v) is 10.9. The number of hydrogen-bond donors (Lipinski definition) is 1. The van der Waals surface area contributed by atoms with Gasteiger partial charge in [0.15, 0.2) is 24.7 Å². The first-order valence-electron chi connectivity index (χ1n) is 7.13. The van der Waals surface area contributed by atoms with Gasteiger partial charge in [-0.3, -0.25) is 4.40 Å². The van der Waals surface area contributed by atoms with Crippen molar-refractivity contribution in [3.05, 3.63) is 36.3 Å². The van der Waals surface area contributed by atoms with Crippen LogP contribution in [-0.4, -0.2) is 43.7 Å². The zero-order valence-corrected chi connectivity index (χ0v) is 15.4. The Hall–Kier alpha value is -2.46. The predicted octanol–water partition coefficient (Wildman–Crippen LogP) is 1.09. The van der Waals surface area contributed by atoms with Crippen molar-refractivity contribution in [2.45, 2.75) is 16.8 Å². The highest BCUT2D eigenvalue weighted by Gasteiger charge is 2.22. The summed E-state index contributed by atoms with van der Waals surface area (Å²) in [6, 6.07) is 4.63. The molecule has 0 aliphatic rings. The number of imidazole rings is 1. The average molecular weight is 380 g/mol. The van der Waals surface area contributed by atoms with Crippen LogP contribution in [0.4, 0.5) is 5.95 Å². The zero-order chi connectivity index (χ0) is 18.6. The molecule has 0 saturated carbocycles. The van der Waals surface area contributed by atoms with Crippen molar-refractivity contribution in [2.75, 3.05) is 18.2 Å². The van der Waals surface area contributed by atoms with Gasteiger partial charge >= 0.3 is 0 Å². The topological polar surface area (TPSA) is 124 Å². The van der Waals surface area contributed by atoms with Gasteiger partial charge in [-0.05, 0) is 30.2 Å². The first kappa shape index (κ1) is 17.4. The molecule has 8 nitrogen and oxygen atoms in total. The van der Waals surface area contributed by atoms with Crippen molar-refractivity contribution in [1.82, 2.24) is 14.4 Å². The highest BCUT2D eigenvalue weighted by molar-refractivity contribution is 7.91. The molecule has 3 rings (SSSR count). The molecule has 0 aliphatic heterocycles. The lowest BCUT2D eigenvalue weighted by Gasteiger charge is -2.11. The molecule has 0 aliphatic carbocycles. The fourth-order valence-electron chi connectivity index (χ4n) is 2.64. The molecule has 2 N–H and O–H groups in total. The molecule has 0 spiro atoms. The number of anilines is 1. The summed E-state index contributed by atoms with van der Waals surface area (Å²) in [6.45, 7) is 1.74. The minimum Gasteiger partial charge on any atom is -0.369 e. The van der Waals surface area contributed by atoms with Gasteiger partial charge in [0, 0.05) is 24.3 Å². The Bertz CT molecular complexity index is 1210. The Morgan fingerprint density at radius 3 is 2.24 bits per heavy atom. The highest BCUT2D eigenvalue weighted by Crippen LogP contribution is 2.32. The minimum atomic E-state index is -3.59. The third-order valence-electron chi connectivity index (χ3n) is 3.83. The van der Waals surface area contributed by atoms with Crippen LogP contribution < -0.4 is 5.73 Å². The summed E-state index contributed by atoms with van der Waals surface area (Å²) in [4.78, 5) is 8.22. The van der Waals surface area contributed by atoms with E-state index in [9.17, 15) is 16.8 Å². The Balaban J connectivity index is 2.38. The molecular weight excluding hydrogens is 364 g/mol. The predicted molar refractivity (Wildman–Crippen MR) is 93.8 cm³/mol. The third kappa shape index (κ3) is 2.98. The lowest BCUT2D eigenvalue weighted by molar-refractivity contribution is 0.599. The maximum atomic E-state index is 12.1. The van der Waals surface area contributed by atoms with Crippen LogP contribution in [0.25, 0.3) is 16.6 Å². The van der Waals surface area contributed by atoms with E-state index >= 15 is 0 Å². The van der Waals surface area contributed by atoms with Crippen molar-refractivity contribution >= 4 is 31.1 Å². The normalized spacial score (nSPS) is 12.6. The summed E-state index contributed by atoms with van der Waals surface area (Å²) < 4.78 is 48.9. The van der Waals surface area contributed by atoms with Crippen LogP contribution in [0, 0.1) is 6.92 Å². The standard InChI is InChI=1S/C15H16N4O4S2/c1-9-6-10(24(2,20)21)4-5-11(9)12-7-17-15(16)19-8-18-14(13(12)19)25(3,22)23/h4-8H,1-3H3,(H2,16,17). The van der Waals surface area contributed by atoms with E-state index in [-0.39, 0.29) is 15.9 Å². The van der Waals surface area contributed by atoms with Gasteiger partial charge in [-0.25, -0.2) is 26.8 Å². The second-order valence-electron chi connectivity index (χ2n) is 5.82. The second-order valence-corrected chi connectivity index (χ2v) is 9.77. The van der Waals surface area contributed by atoms with Crippen LogP contribution in [0.1, 0.15) is 5.56 Å². The number of benzene rings is 1. The van der Waals surface area contributed by atoms with E-state index < -0.39 is 19.7 Å². The molecule has 1 aromatic carbocycles. The molecule has 0 amide bonds. The average Bonchev–Trinajstić information content (AvgIpc) is 2.93. The van der Waals surface area contributed by atoms with E-state index in [4.69, 9.17) is 5.73 Å². The Morgan fingerprint density at radius 2 is 1.68 bits per heavy atom. The van der Waals surface area contributed by atoms with Crippen LogP contribution in [0.2, 0.25) is 0 Å². The highest BCUT2D eigenvalue weighted by atomic mass is 32.2. The van der Waals surface area contributed by atoms with E-state index in [0.29, 0.717) is 22.2 Å². The summed E-state index contributed by atoms with van der Waals surface area (Å²) in [7, 11) is -6.93. The van der Waals surface area contributed by atoms with Gasteiger partial charge in [-0.15, -0.1) is 0 Å². The zero-order valence-electron chi connectivity index (χ0n) is 13.8. The molecule has 2 aromatic heterocycles. The Labute approximate surface area is 145 Å². The fourth-order valence-corrected chi connectivity index (χ4v) is 4.15. The minimum absolute atomic E-state index is 0.103. The number of sulfone groups is 2. The van der Waals surface area contributed by atoms with Crippen molar-refractivity contribution in [3.63, 3.8) is 0 Å². The maximum absolute atomic E-state index is 12.1. The van der Waals surface area contributed by atoms with E-state index in [1.807, 2.05) is 0 Å². The quantitative estimate of drug-likeness (QED) is 0.721. The molecular formula is C15H16N4O4S2. The van der Waals surface area contributed by atoms with Crippen LogP contribution in [0.15, 0.2) is 40.6 Å². The van der Waals surface area contributed by atoms with Gasteiger partial charge in [0.25, 0.3) is 0 Å². The lowest BCUT2D eigenvalue weighted by Crippen LogP contribution is -2.04. The van der Waals surface area contributed by atoms with Gasteiger partial charge < -0.3 is 5.73 Å². The van der Waals surface area contributed by atoms with Gasteiger partial charge in [0.2, 0.25) is 5.95 Å². The molecule has 0 unspecified atom stereocenters. The summed E-state index contributed by atoms with van der Waals surface area (Å²) >= 11 is 0. The van der Waals surface area contributed by atoms with Crippen molar-refractivity contribution < 1.29 is 16.8 Å². The van der Waals surface area contributed by atoms with E-state index in [1.165, 1.54) is 29.1 Å². The smallest absolute Gasteiger partial charge is 0.206 e. The van der Waals surface area contributed by atoms with E-state index in [0.717, 1.165) is 12.5 Å². The number of aryl methyl sites for hydroxylation is 1. The molecule has 3 aromatic rings. The van der Waals surface area contributed by atoms with Crippen molar-refractivity contribution in [3.8, 4) is 11.1 Å². The molecule has 132 valence electrons. The lowest BCUT2D eigenvalue weighted by atomic mass is 10.0. The molecule has 0 atom stereocenters. The van der Waals surface area contributed by atoms with Crippen LogP contribution in [-0.2, 0) is 19.7 Å². The number of rotatable bonds is 3. The summed E-state index contributed by atoms with van der Waals surface area (Å²) in [5.41, 5.74) is 7.94. The number of nitrogen functional groups attached to an aromatic ring is 1. The summed E-state index contributed by atoms with van der Waals surface area (Å²) in [5, 5.41) is -0.108. The van der Waals surface area contributed by atoms with Crippen LogP contribution in [0.3, 0.4) is 0 Å². The molecule has 10 heteroatoms. The van der Waals surface area contributed by atoms with Gasteiger partial charge in [-0.1, -0.05) is 6.07 Å². The van der Waals surface area contributed by atoms with Gasteiger partial charge in [0.05, 0.1) is 10.4 Å². The SMILES string of the molecule is Cc1cc(S(C)(=O)=O)ccc1-c1cnc(N)n2cnc(S(C)(=O)=O)c12. The van der Waals surface area contributed by atoms with E-state index in [2.05, 4.69) is 9.97 Å². The first-order chi connectivity index (χ1) is 11.5. The Morgan fingerprint density at radius 1 is 1.00 bits per heavy atom. The monoisotopic (exact) mass is 380 g/mol. The number of fused-ring (bicyclic) bond motifs is 1. The largest absolute Gasteiger partial charge is 0.369 e. The molecule has 0 fully saturated rings. The number of nitrogens with two attached hydrogens (primary N) is 1. The van der Waals surface area contributed by atoms with Gasteiger partial charge in [0.1, 0.15) is 6.33 Å². The summed E-state index contributed by atoms with van der Waals surface area (Å²) in [6.07, 6.45) is 4.96. The van der Waals surface area contributed by atoms with Gasteiger partial charge in [-0.2, -0.15) is 0 Å². The third-order valence-corrected chi connectivity index (χ3v) is 5.94. The number of nitrogens with zero attached hydrogens (tertiary/aromatic N) is 3. The molecule has 25 heavy (non-hydrogen) atoms. The molecule has 0 bridgehead atoms. The number of hydrogen-bond acceptors (Lipinski definition) is 7. The Kier molecular flexibility index (Phi) is 3.84.